The highest BCUT2D eigenvalue weighted by molar-refractivity contribution is 5.96. The zero-order valence-corrected chi connectivity index (χ0v) is 12.4. The van der Waals surface area contributed by atoms with Crippen molar-refractivity contribution >= 4 is 5.91 Å². The Hall–Kier alpha value is -1.66. The Morgan fingerprint density at radius 3 is 2.76 bits per heavy atom. The molecule has 6 heteroatoms. The van der Waals surface area contributed by atoms with Gasteiger partial charge in [-0.05, 0) is 19.5 Å². The van der Waals surface area contributed by atoms with Crippen LogP contribution >= 0.6 is 0 Å². The largest absolute Gasteiger partial charge is 0.505 e. The van der Waals surface area contributed by atoms with Crippen molar-refractivity contribution in [2.24, 2.45) is 0 Å². The van der Waals surface area contributed by atoms with Crippen LogP contribution in [0.1, 0.15) is 16.8 Å². The van der Waals surface area contributed by atoms with E-state index in [0.717, 1.165) is 45.7 Å². The molecular formula is C15H22N4O2. The molecule has 21 heavy (non-hydrogen) atoms. The summed E-state index contributed by atoms with van der Waals surface area (Å²) < 4.78 is 0. The summed E-state index contributed by atoms with van der Waals surface area (Å²) >= 11 is 0. The number of carbonyl (C=O) groups excluding carboxylic acids is 1. The summed E-state index contributed by atoms with van der Waals surface area (Å²) in [6.45, 7) is 5.85. The quantitative estimate of drug-likeness (QED) is 0.846. The molecule has 6 nitrogen and oxygen atoms in total. The molecule has 2 aliphatic heterocycles. The van der Waals surface area contributed by atoms with Crippen molar-refractivity contribution < 1.29 is 9.90 Å². The fraction of sp³-hybridized carbons (Fsp3) is 0.600. The first-order valence-corrected chi connectivity index (χ1v) is 7.50. The highest BCUT2D eigenvalue weighted by Gasteiger charge is 2.32. The fourth-order valence-corrected chi connectivity index (χ4v) is 3.15. The minimum absolute atomic E-state index is 0.0365. The van der Waals surface area contributed by atoms with Gasteiger partial charge in [-0.2, -0.15) is 0 Å². The van der Waals surface area contributed by atoms with Gasteiger partial charge in [0.2, 0.25) is 0 Å². The molecule has 2 aliphatic rings. The van der Waals surface area contributed by atoms with E-state index in [1.807, 2.05) is 4.90 Å². The minimum atomic E-state index is -0.0912. The van der Waals surface area contributed by atoms with Crippen molar-refractivity contribution in [2.45, 2.75) is 12.5 Å². The van der Waals surface area contributed by atoms with E-state index in [9.17, 15) is 9.90 Å². The van der Waals surface area contributed by atoms with Crippen molar-refractivity contribution in [1.82, 2.24) is 19.7 Å². The molecule has 0 unspecified atom stereocenters. The average molecular weight is 290 g/mol. The Kier molecular flexibility index (Phi) is 4.07. The Labute approximate surface area is 125 Å². The van der Waals surface area contributed by atoms with E-state index in [-0.39, 0.29) is 11.7 Å². The molecule has 1 aromatic heterocycles. The summed E-state index contributed by atoms with van der Waals surface area (Å²) in [5.41, 5.74) is 0.351. The van der Waals surface area contributed by atoms with Crippen LogP contribution in [0.2, 0.25) is 0 Å². The van der Waals surface area contributed by atoms with Crippen LogP contribution in [0.5, 0.6) is 5.75 Å². The molecule has 1 N–H and O–H groups in total. The predicted octanol–water partition coefficient (Wildman–Crippen LogP) is 0.249. The molecule has 114 valence electrons. The van der Waals surface area contributed by atoms with Crippen molar-refractivity contribution in [3.05, 3.63) is 24.0 Å². The summed E-state index contributed by atoms with van der Waals surface area (Å²) in [5.74, 6) is -0.128. The molecule has 0 bridgehead atoms. The van der Waals surface area contributed by atoms with E-state index in [1.54, 1.807) is 12.3 Å². The van der Waals surface area contributed by atoms with Crippen LogP contribution in [-0.4, -0.2) is 83.1 Å². The number of likely N-dealkylation sites (N-methyl/N-ethyl adjacent to an activating group) is 1. The van der Waals surface area contributed by atoms with Crippen molar-refractivity contribution in [2.75, 3.05) is 46.3 Å². The van der Waals surface area contributed by atoms with Crippen molar-refractivity contribution in [3.8, 4) is 5.75 Å². The lowest BCUT2D eigenvalue weighted by atomic mass is 10.2. The number of amides is 1. The van der Waals surface area contributed by atoms with Crippen LogP contribution in [0.3, 0.4) is 0 Å². The number of nitrogens with zero attached hydrogens (tertiary/aromatic N) is 4. The van der Waals surface area contributed by atoms with Crippen LogP contribution in [0.4, 0.5) is 0 Å². The normalized spacial score (nSPS) is 24.4. The lowest BCUT2D eigenvalue weighted by molar-refractivity contribution is 0.0752. The Balaban J connectivity index is 1.62. The Bertz CT molecular complexity index is 514. The number of pyridine rings is 1. The standard InChI is InChI=1S/C15H22N4O2/c1-17-6-8-18(9-7-17)12-3-5-19(11-12)15(21)13-2-4-16-10-14(13)20/h2,4,10,12,20H,3,5-9,11H2,1H3/t12-/m1/s1. The van der Waals surface area contributed by atoms with Gasteiger partial charge in [0.05, 0.1) is 11.8 Å². The smallest absolute Gasteiger partial charge is 0.257 e. The van der Waals surface area contributed by atoms with Gasteiger partial charge in [0.1, 0.15) is 5.75 Å². The molecule has 1 aromatic rings. The molecule has 1 amide bonds. The van der Waals surface area contributed by atoms with Gasteiger partial charge in [0.15, 0.2) is 0 Å². The van der Waals surface area contributed by atoms with Crippen LogP contribution in [0.15, 0.2) is 18.5 Å². The number of carbonyl (C=O) groups is 1. The monoisotopic (exact) mass is 290 g/mol. The van der Waals surface area contributed by atoms with Gasteiger partial charge < -0.3 is 14.9 Å². The molecule has 2 saturated heterocycles. The van der Waals surface area contributed by atoms with Gasteiger partial charge in [0, 0.05) is 51.5 Å². The highest BCUT2D eigenvalue weighted by atomic mass is 16.3. The molecule has 3 rings (SSSR count). The molecule has 2 fully saturated rings. The first-order valence-electron chi connectivity index (χ1n) is 7.50. The molecule has 0 spiro atoms. The number of likely N-dealkylation sites (tertiary alicyclic amines) is 1. The van der Waals surface area contributed by atoms with E-state index in [1.165, 1.54) is 6.20 Å². The van der Waals surface area contributed by atoms with Gasteiger partial charge in [-0.25, -0.2) is 0 Å². The molecule has 3 heterocycles. The number of hydrogen-bond acceptors (Lipinski definition) is 5. The van der Waals surface area contributed by atoms with Gasteiger partial charge in [-0.3, -0.25) is 14.7 Å². The third kappa shape index (κ3) is 3.01. The average Bonchev–Trinajstić information content (AvgIpc) is 2.98. The summed E-state index contributed by atoms with van der Waals surface area (Å²) in [5, 5.41) is 9.76. The van der Waals surface area contributed by atoms with E-state index in [2.05, 4.69) is 21.8 Å². The molecule has 0 radical (unpaired) electrons. The third-order valence-corrected chi connectivity index (χ3v) is 4.54. The number of aromatic hydroxyl groups is 1. The third-order valence-electron chi connectivity index (χ3n) is 4.54. The fourth-order valence-electron chi connectivity index (χ4n) is 3.15. The van der Waals surface area contributed by atoms with Gasteiger partial charge in [0.25, 0.3) is 5.91 Å². The predicted molar refractivity (Wildman–Crippen MR) is 79.3 cm³/mol. The maximum atomic E-state index is 12.5. The second-order valence-corrected chi connectivity index (χ2v) is 5.93. The lowest BCUT2D eigenvalue weighted by Crippen LogP contribution is -2.50. The second kappa shape index (κ2) is 5.99. The van der Waals surface area contributed by atoms with Crippen LogP contribution < -0.4 is 0 Å². The zero-order valence-electron chi connectivity index (χ0n) is 12.4. The van der Waals surface area contributed by atoms with Crippen molar-refractivity contribution in [1.29, 1.82) is 0 Å². The summed E-state index contributed by atoms with van der Waals surface area (Å²) in [6.07, 6.45) is 3.88. The summed E-state index contributed by atoms with van der Waals surface area (Å²) in [7, 11) is 2.15. The maximum absolute atomic E-state index is 12.5. The highest BCUT2D eigenvalue weighted by Crippen LogP contribution is 2.22. The Morgan fingerprint density at radius 1 is 1.29 bits per heavy atom. The minimum Gasteiger partial charge on any atom is -0.505 e. The molecule has 1 atom stereocenters. The van der Waals surface area contributed by atoms with E-state index in [0.29, 0.717) is 11.6 Å². The number of aromatic nitrogens is 1. The summed E-state index contributed by atoms with van der Waals surface area (Å²) in [6, 6.07) is 2.03. The van der Waals surface area contributed by atoms with Crippen LogP contribution in [0, 0.1) is 0 Å². The lowest BCUT2D eigenvalue weighted by Gasteiger charge is -2.36. The maximum Gasteiger partial charge on any atom is 0.257 e. The first kappa shape index (κ1) is 14.3. The second-order valence-electron chi connectivity index (χ2n) is 5.93. The zero-order chi connectivity index (χ0) is 14.8. The van der Waals surface area contributed by atoms with E-state index >= 15 is 0 Å². The van der Waals surface area contributed by atoms with Gasteiger partial charge in [-0.15, -0.1) is 0 Å². The number of piperazine rings is 1. The topological polar surface area (TPSA) is 59.9 Å². The first-order chi connectivity index (χ1) is 10.1. The van der Waals surface area contributed by atoms with Gasteiger partial charge >= 0.3 is 0 Å². The van der Waals surface area contributed by atoms with Gasteiger partial charge in [-0.1, -0.05) is 0 Å². The van der Waals surface area contributed by atoms with E-state index in [4.69, 9.17) is 0 Å². The SMILES string of the molecule is CN1CCN([C@@H]2CCN(C(=O)c3ccncc3O)C2)CC1. The Morgan fingerprint density at radius 2 is 2.05 bits per heavy atom. The van der Waals surface area contributed by atoms with E-state index < -0.39 is 0 Å². The molecule has 0 aliphatic carbocycles. The number of hydrogen-bond donors (Lipinski definition) is 1. The van der Waals surface area contributed by atoms with Crippen LogP contribution in [-0.2, 0) is 0 Å². The van der Waals surface area contributed by atoms with Crippen molar-refractivity contribution in [3.63, 3.8) is 0 Å². The number of rotatable bonds is 2. The molecular weight excluding hydrogens is 268 g/mol. The molecule has 0 saturated carbocycles. The molecule has 0 aromatic carbocycles. The summed E-state index contributed by atoms with van der Waals surface area (Å²) in [4.78, 5) is 22.9. The van der Waals surface area contributed by atoms with Crippen LogP contribution in [0.25, 0.3) is 0 Å².